The molecule has 3 unspecified atom stereocenters. The van der Waals surface area contributed by atoms with Crippen LogP contribution in [0, 0.1) is 18.8 Å². The summed E-state index contributed by atoms with van der Waals surface area (Å²) in [7, 11) is 2.11. The van der Waals surface area contributed by atoms with E-state index < -0.39 is 0 Å². The average Bonchev–Trinajstić information content (AvgIpc) is 2.44. The van der Waals surface area contributed by atoms with Crippen molar-refractivity contribution in [3.8, 4) is 0 Å². The van der Waals surface area contributed by atoms with Crippen molar-refractivity contribution in [2.75, 3.05) is 7.05 Å². The summed E-state index contributed by atoms with van der Waals surface area (Å²) >= 11 is 3.73. The Morgan fingerprint density at radius 1 is 1.37 bits per heavy atom. The fraction of sp³-hybridized carbons (Fsp3) is 0.647. The molecule has 1 nitrogen and oxygen atoms in total. The van der Waals surface area contributed by atoms with Gasteiger partial charge < -0.3 is 5.32 Å². The number of rotatable bonds is 4. The topological polar surface area (TPSA) is 12.0 Å². The van der Waals surface area contributed by atoms with E-state index >= 15 is 0 Å². The van der Waals surface area contributed by atoms with E-state index in [0.29, 0.717) is 6.04 Å². The summed E-state index contributed by atoms with van der Waals surface area (Å²) in [5, 5.41) is 3.57. The van der Waals surface area contributed by atoms with Crippen molar-refractivity contribution in [1.29, 1.82) is 0 Å². The number of hydrogen-bond donors (Lipinski definition) is 1. The summed E-state index contributed by atoms with van der Waals surface area (Å²) in [5.74, 6) is 1.71. The summed E-state index contributed by atoms with van der Waals surface area (Å²) in [5.41, 5.74) is 2.78. The van der Waals surface area contributed by atoms with Gasteiger partial charge in [-0.05, 0) is 50.3 Å². The Kier molecular flexibility index (Phi) is 5.47. The smallest absolute Gasteiger partial charge is 0.0357 e. The van der Waals surface area contributed by atoms with Gasteiger partial charge in [0.25, 0.3) is 0 Å². The van der Waals surface area contributed by atoms with E-state index in [1.807, 2.05) is 0 Å². The molecule has 106 valence electrons. The van der Waals surface area contributed by atoms with E-state index in [2.05, 4.69) is 60.3 Å². The van der Waals surface area contributed by atoms with E-state index in [-0.39, 0.29) is 0 Å². The van der Waals surface area contributed by atoms with Crippen LogP contribution in [0.2, 0.25) is 0 Å². The predicted octanol–water partition coefficient (Wildman–Crippen LogP) is 5.23. The molecule has 2 heteroatoms. The highest BCUT2D eigenvalue weighted by atomic mass is 79.9. The third-order valence-electron chi connectivity index (χ3n) is 4.67. The van der Waals surface area contributed by atoms with Crippen molar-refractivity contribution in [2.45, 2.75) is 52.0 Å². The van der Waals surface area contributed by atoms with Crippen LogP contribution < -0.4 is 5.32 Å². The zero-order valence-corrected chi connectivity index (χ0v) is 14.0. The molecule has 0 radical (unpaired) electrons. The second-order valence-electron chi connectivity index (χ2n) is 5.99. The fourth-order valence-electron chi connectivity index (χ4n) is 3.55. The van der Waals surface area contributed by atoms with Gasteiger partial charge >= 0.3 is 0 Å². The van der Waals surface area contributed by atoms with Crippen LogP contribution in [-0.4, -0.2) is 7.05 Å². The molecule has 1 aliphatic rings. The van der Waals surface area contributed by atoms with Crippen LogP contribution in [0.3, 0.4) is 0 Å². The normalized spacial score (nSPS) is 25.3. The molecule has 1 fully saturated rings. The van der Waals surface area contributed by atoms with Crippen LogP contribution in [-0.2, 0) is 0 Å². The maximum absolute atomic E-state index is 3.73. The summed E-state index contributed by atoms with van der Waals surface area (Å²) in [4.78, 5) is 0. The lowest BCUT2D eigenvalue weighted by Crippen LogP contribution is -2.29. The van der Waals surface area contributed by atoms with Gasteiger partial charge in [0.1, 0.15) is 0 Å². The van der Waals surface area contributed by atoms with Crippen molar-refractivity contribution in [3.05, 3.63) is 33.8 Å². The van der Waals surface area contributed by atoms with Gasteiger partial charge in [-0.3, -0.25) is 0 Å². The molecule has 1 N–H and O–H groups in total. The Hall–Kier alpha value is -0.340. The standard InChI is InChI=1S/C17H26BrN/c1-4-13-6-5-7-14(11-13)17(19-3)15-10-12(2)8-9-16(15)18/h8-10,13-14,17,19H,4-7,11H2,1-3H3. The first-order valence-corrected chi connectivity index (χ1v) is 8.38. The Bertz CT molecular complexity index is 416. The van der Waals surface area contributed by atoms with Crippen molar-refractivity contribution in [1.82, 2.24) is 5.32 Å². The van der Waals surface area contributed by atoms with Crippen molar-refractivity contribution < 1.29 is 0 Å². The first-order chi connectivity index (χ1) is 9.15. The third kappa shape index (κ3) is 3.61. The Morgan fingerprint density at radius 3 is 2.84 bits per heavy atom. The molecule has 0 aliphatic heterocycles. The van der Waals surface area contributed by atoms with Gasteiger partial charge in [0.05, 0.1) is 0 Å². The highest BCUT2D eigenvalue weighted by Crippen LogP contribution is 2.40. The minimum atomic E-state index is 0.489. The summed E-state index contributed by atoms with van der Waals surface area (Å²) in [6.07, 6.45) is 6.90. The summed E-state index contributed by atoms with van der Waals surface area (Å²) in [6.45, 7) is 4.52. The molecule has 19 heavy (non-hydrogen) atoms. The zero-order valence-electron chi connectivity index (χ0n) is 12.4. The Balaban J connectivity index is 2.21. The molecule has 0 amide bonds. The molecule has 0 spiro atoms. The largest absolute Gasteiger partial charge is 0.313 e. The fourth-order valence-corrected chi connectivity index (χ4v) is 4.05. The lowest BCUT2D eigenvalue weighted by Gasteiger charge is -2.35. The monoisotopic (exact) mass is 323 g/mol. The molecule has 1 aromatic rings. The van der Waals surface area contributed by atoms with Gasteiger partial charge in [0.15, 0.2) is 0 Å². The van der Waals surface area contributed by atoms with Crippen molar-refractivity contribution in [3.63, 3.8) is 0 Å². The van der Waals surface area contributed by atoms with Crippen LogP contribution in [0.5, 0.6) is 0 Å². The van der Waals surface area contributed by atoms with Gasteiger partial charge in [-0.2, -0.15) is 0 Å². The van der Waals surface area contributed by atoms with E-state index in [1.165, 1.54) is 47.7 Å². The molecular weight excluding hydrogens is 298 g/mol. The highest BCUT2D eigenvalue weighted by molar-refractivity contribution is 9.10. The van der Waals surface area contributed by atoms with Gasteiger partial charge in [-0.1, -0.05) is 59.8 Å². The molecule has 1 aromatic carbocycles. The number of benzene rings is 1. The van der Waals surface area contributed by atoms with Crippen LogP contribution in [0.4, 0.5) is 0 Å². The second-order valence-corrected chi connectivity index (χ2v) is 6.85. The Labute approximate surface area is 126 Å². The molecule has 3 atom stereocenters. The van der Waals surface area contributed by atoms with Gasteiger partial charge in [-0.15, -0.1) is 0 Å². The van der Waals surface area contributed by atoms with Crippen LogP contribution in [0.15, 0.2) is 22.7 Å². The maximum atomic E-state index is 3.73. The van der Waals surface area contributed by atoms with Crippen LogP contribution in [0.1, 0.15) is 56.2 Å². The van der Waals surface area contributed by atoms with Crippen molar-refractivity contribution in [2.24, 2.45) is 11.8 Å². The van der Waals surface area contributed by atoms with E-state index in [1.54, 1.807) is 0 Å². The summed E-state index contributed by atoms with van der Waals surface area (Å²) < 4.78 is 1.25. The first kappa shape index (κ1) is 15.1. The molecule has 0 saturated heterocycles. The van der Waals surface area contributed by atoms with Crippen LogP contribution >= 0.6 is 15.9 Å². The van der Waals surface area contributed by atoms with E-state index in [9.17, 15) is 0 Å². The molecule has 0 aromatic heterocycles. The zero-order chi connectivity index (χ0) is 13.8. The van der Waals surface area contributed by atoms with Crippen LogP contribution in [0.25, 0.3) is 0 Å². The average molecular weight is 324 g/mol. The minimum Gasteiger partial charge on any atom is -0.313 e. The van der Waals surface area contributed by atoms with Gasteiger partial charge in [-0.25, -0.2) is 0 Å². The number of hydrogen-bond acceptors (Lipinski definition) is 1. The molecular formula is C17H26BrN. The second kappa shape index (κ2) is 6.90. The lowest BCUT2D eigenvalue weighted by atomic mass is 9.75. The third-order valence-corrected chi connectivity index (χ3v) is 5.39. The molecule has 1 aliphatic carbocycles. The van der Waals surface area contributed by atoms with Gasteiger partial charge in [0, 0.05) is 10.5 Å². The summed E-state index contributed by atoms with van der Waals surface area (Å²) in [6, 6.07) is 7.19. The lowest BCUT2D eigenvalue weighted by molar-refractivity contribution is 0.214. The molecule has 0 heterocycles. The predicted molar refractivity (Wildman–Crippen MR) is 86.4 cm³/mol. The first-order valence-electron chi connectivity index (χ1n) is 7.59. The number of nitrogens with one attached hydrogen (secondary N) is 1. The van der Waals surface area contributed by atoms with E-state index in [0.717, 1.165) is 11.8 Å². The van der Waals surface area contributed by atoms with E-state index in [4.69, 9.17) is 0 Å². The van der Waals surface area contributed by atoms with Gasteiger partial charge in [0.2, 0.25) is 0 Å². The Morgan fingerprint density at radius 2 is 2.16 bits per heavy atom. The quantitative estimate of drug-likeness (QED) is 0.799. The maximum Gasteiger partial charge on any atom is 0.0357 e. The molecule has 2 rings (SSSR count). The van der Waals surface area contributed by atoms with Crippen molar-refractivity contribution >= 4 is 15.9 Å². The molecule has 1 saturated carbocycles. The number of halogens is 1. The molecule has 0 bridgehead atoms. The minimum absolute atomic E-state index is 0.489. The SMILES string of the molecule is CCC1CCCC(C(NC)c2cc(C)ccc2Br)C1. The highest BCUT2D eigenvalue weighted by Gasteiger charge is 2.28. The number of aryl methyl sites for hydroxylation is 1.